The van der Waals surface area contributed by atoms with Crippen LogP contribution in [0.5, 0.6) is 0 Å². The zero-order chi connectivity index (χ0) is 12.5. The third-order valence-electron chi connectivity index (χ3n) is 2.85. The van der Waals surface area contributed by atoms with Crippen molar-refractivity contribution >= 4 is 0 Å². The molecular formula is C13H24N2O2. The summed E-state index contributed by atoms with van der Waals surface area (Å²) in [6.07, 6.45) is 3.06. The average molecular weight is 240 g/mol. The summed E-state index contributed by atoms with van der Waals surface area (Å²) in [5.74, 6) is 0. The molecule has 0 saturated carbocycles. The Morgan fingerprint density at radius 1 is 1.35 bits per heavy atom. The normalized spacial score (nSPS) is 12.9. The van der Waals surface area contributed by atoms with Gasteiger partial charge in [-0.05, 0) is 32.5 Å². The predicted molar refractivity (Wildman–Crippen MR) is 69.2 cm³/mol. The van der Waals surface area contributed by atoms with E-state index in [-0.39, 0.29) is 0 Å². The zero-order valence-electron chi connectivity index (χ0n) is 11.1. The van der Waals surface area contributed by atoms with E-state index in [0.29, 0.717) is 6.04 Å². The highest BCUT2D eigenvalue weighted by molar-refractivity contribution is 5.11. The minimum Gasteiger partial charge on any atom is -0.385 e. The monoisotopic (exact) mass is 240 g/mol. The van der Waals surface area contributed by atoms with Gasteiger partial charge in [0.15, 0.2) is 0 Å². The van der Waals surface area contributed by atoms with Crippen LogP contribution in [0.2, 0.25) is 0 Å². The van der Waals surface area contributed by atoms with E-state index in [9.17, 15) is 0 Å². The van der Waals surface area contributed by atoms with Crippen LogP contribution in [0.3, 0.4) is 0 Å². The largest absolute Gasteiger partial charge is 0.385 e. The SMILES string of the molecule is CNC(C)c1cccn1CCOCCCOC. The summed E-state index contributed by atoms with van der Waals surface area (Å²) in [5, 5.41) is 3.25. The van der Waals surface area contributed by atoms with Gasteiger partial charge in [0.1, 0.15) is 0 Å². The van der Waals surface area contributed by atoms with E-state index >= 15 is 0 Å². The van der Waals surface area contributed by atoms with Gasteiger partial charge in [-0.2, -0.15) is 0 Å². The first-order chi connectivity index (χ1) is 8.29. The van der Waals surface area contributed by atoms with Crippen LogP contribution in [0.25, 0.3) is 0 Å². The summed E-state index contributed by atoms with van der Waals surface area (Å²) < 4.78 is 12.8. The summed E-state index contributed by atoms with van der Waals surface area (Å²) in [5.41, 5.74) is 1.30. The smallest absolute Gasteiger partial charge is 0.0645 e. The molecule has 98 valence electrons. The number of methoxy groups -OCH3 is 1. The van der Waals surface area contributed by atoms with Gasteiger partial charge in [0.05, 0.1) is 6.61 Å². The van der Waals surface area contributed by atoms with Gasteiger partial charge in [0.25, 0.3) is 0 Å². The second-order valence-corrected chi connectivity index (χ2v) is 4.10. The molecule has 1 atom stereocenters. The molecule has 0 saturated heterocycles. The number of nitrogens with one attached hydrogen (secondary N) is 1. The van der Waals surface area contributed by atoms with Crippen LogP contribution in [-0.2, 0) is 16.0 Å². The molecule has 1 aromatic rings. The zero-order valence-corrected chi connectivity index (χ0v) is 11.1. The second kappa shape index (κ2) is 8.28. The minimum absolute atomic E-state index is 0.374. The fraction of sp³-hybridized carbons (Fsp3) is 0.692. The van der Waals surface area contributed by atoms with Crippen LogP contribution in [-0.4, -0.2) is 38.5 Å². The Hall–Kier alpha value is -0.840. The predicted octanol–water partition coefficient (Wildman–Crippen LogP) is 1.82. The summed E-state index contributed by atoms with van der Waals surface area (Å²) >= 11 is 0. The number of aromatic nitrogens is 1. The van der Waals surface area contributed by atoms with Crippen LogP contribution < -0.4 is 5.32 Å². The topological polar surface area (TPSA) is 35.4 Å². The maximum absolute atomic E-state index is 5.56. The average Bonchev–Trinajstić information content (AvgIpc) is 2.81. The van der Waals surface area contributed by atoms with Gasteiger partial charge < -0.3 is 19.4 Å². The highest BCUT2D eigenvalue weighted by atomic mass is 16.5. The Morgan fingerprint density at radius 2 is 2.18 bits per heavy atom. The standard InChI is InChI=1S/C13H24N2O2/c1-12(14-2)13-6-4-7-15(13)8-11-17-10-5-9-16-3/h4,6-7,12,14H,5,8-11H2,1-3H3. The molecule has 1 heterocycles. The lowest BCUT2D eigenvalue weighted by molar-refractivity contribution is 0.0972. The van der Waals surface area contributed by atoms with Crippen LogP contribution in [0.4, 0.5) is 0 Å². The van der Waals surface area contributed by atoms with Crippen molar-refractivity contribution in [1.82, 2.24) is 9.88 Å². The first-order valence-corrected chi connectivity index (χ1v) is 6.18. The van der Waals surface area contributed by atoms with Crippen LogP contribution >= 0.6 is 0 Å². The van der Waals surface area contributed by atoms with E-state index in [1.165, 1.54) is 5.69 Å². The minimum atomic E-state index is 0.374. The number of hydrogen-bond acceptors (Lipinski definition) is 3. The molecule has 1 aromatic heterocycles. The lowest BCUT2D eigenvalue weighted by Crippen LogP contribution is -2.18. The highest BCUT2D eigenvalue weighted by Gasteiger charge is 2.06. The van der Waals surface area contributed by atoms with Crippen LogP contribution in [0.15, 0.2) is 18.3 Å². The maximum Gasteiger partial charge on any atom is 0.0645 e. The lowest BCUT2D eigenvalue weighted by atomic mass is 10.2. The number of ether oxygens (including phenoxy) is 2. The molecule has 0 aromatic carbocycles. The number of rotatable bonds is 9. The Labute approximate surface area is 104 Å². The van der Waals surface area contributed by atoms with Crippen molar-refractivity contribution in [1.29, 1.82) is 0 Å². The van der Waals surface area contributed by atoms with Crippen molar-refractivity contribution in [3.63, 3.8) is 0 Å². The summed E-state index contributed by atoms with van der Waals surface area (Å²) in [4.78, 5) is 0. The van der Waals surface area contributed by atoms with Gasteiger partial charge in [0, 0.05) is 44.8 Å². The van der Waals surface area contributed by atoms with E-state index in [0.717, 1.165) is 32.8 Å². The molecule has 0 aliphatic carbocycles. The molecule has 4 nitrogen and oxygen atoms in total. The van der Waals surface area contributed by atoms with Crippen LogP contribution in [0.1, 0.15) is 25.1 Å². The van der Waals surface area contributed by atoms with E-state index in [4.69, 9.17) is 9.47 Å². The maximum atomic E-state index is 5.56. The molecule has 0 aliphatic heterocycles. The Kier molecular flexibility index (Phi) is 6.93. The van der Waals surface area contributed by atoms with Crippen molar-refractivity contribution in [3.8, 4) is 0 Å². The fourth-order valence-corrected chi connectivity index (χ4v) is 1.74. The summed E-state index contributed by atoms with van der Waals surface area (Å²) in [7, 11) is 3.69. The number of nitrogens with zero attached hydrogens (tertiary/aromatic N) is 1. The molecule has 1 N–H and O–H groups in total. The van der Waals surface area contributed by atoms with Gasteiger partial charge in [-0.15, -0.1) is 0 Å². The Bertz CT molecular complexity index is 299. The van der Waals surface area contributed by atoms with Crippen molar-refractivity contribution in [2.24, 2.45) is 0 Å². The van der Waals surface area contributed by atoms with Crippen molar-refractivity contribution in [2.75, 3.05) is 34.0 Å². The summed E-state index contributed by atoms with van der Waals surface area (Å²) in [6, 6.07) is 4.60. The number of hydrogen-bond donors (Lipinski definition) is 1. The molecule has 0 aliphatic rings. The van der Waals surface area contributed by atoms with E-state index in [1.54, 1.807) is 7.11 Å². The molecule has 1 unspecified atom stereocenters. The third-order valence-corrected chi connectivity index (χ3v) is 2.85. The van der Waals surface area contributed by atoms with Gasteiger partial charge in [-0.25, -0.2) is 0 Å². The van der Waals surface area contributed by atoms with E-state index < -0.39 is 0 Å². The van der Waals surface area contributed by atoms with Gasteiger partial charge in [0.2, 0.25) is 0 Å². The van der Waals surface area contributed by atoms with Crippen molar-refractivity contribution in [2.45, 2.75) is 25.9 Å². The fourth-order valence-electron chi connectivity index (χ4n) is 1.74. The lowest BCUT2D eigenvalue weighted by Gasteiger charge is -2.15. The third kappa shape index (κ3) is 4.89. The molecule has 0 spiro atoms. The van der Waals surface area contributed by atoms with E-state index in [1.807, 2.05) is 7.05 Å². The van der Waals surface area contributed by atoms with Gasteiger partial charge in [-0.3, -0.25) is 0 Å². The molecule has 0 bridgehead atoms. The molecule has 0 amide bonds. The van der Waals surface area contributed by atoms with Gasteiger partial charge in [-0.1, -0.05) is 0 Å². The quantitative estimate of drug-likeness (QED) is 0.669. The molecule has 0 radical (unpaired) electrons. The first-order valence-electron chi connectivity index (χ1n) is 6.18. The molecular weight excluding hydrogens is 216 g/mol. The van der Waals surface area contributed by atoms with Crippen molar-refractivity contribution < 1.29 is 9.47 Å². The highest BCUT2D eigenvalue weighted by Crippen LogP contribution is 2.12. The van der Waals surface area contributed by atoms with Crippen molar-refractivity contribution in [3.05, 3.63) is 24.0 Å². The first kappa shape index (κ1) is 14.2. The molecule has 1 rings (SSSR count). The molecule has 4 heteroatoms. The molecule has 17 heavy (non-hydrogen) atoms. The summed E-state index contributed by atoms with van der Waals surface area (Å²) in [6.45, 7) is 5.35. The second-order valence-electron chi connectivity index (χ2n) is 4.10. The molecule has 0 fully saturated rings. The van der Waals surface area contributed by atoms with Crippen LogP contribution in [0, 0.1) is 0 Å². The van der Waals surface area contributed by atoms with Gasteiger partial charge >= 0.3 is 0 Å². The van der Waals surface area contributed by atoms with E-state index in [2.05, 4.69) is 35.1 Å². The Balaban J connectivity index is 2.24. The Morgan fingerprint density at radius 3 is 2.88 bits per heavy atom.